The summed E-state index contributed by atoms with van der Waals surface area (Å²) in [4.78, 5) is 17.1. The van der Waals surface area contributed by atoms with Gasteiger partial charge in [0.15, 0.2) is 12.2 Å². The number of carbonyl (C=O) groups excluding carboxylic acids is 1. The molecule has 0 bridgehead atoms. The van der Waals surface area contributed by atoms with Gasteiger partial charge in [-0.25, -0.2) is 4.98 Å². The Balaban J connectivity index is 1.53. The fourth-order valence-electron chi connectivity index (χ4n) is 3.24. The van der Waals surface area contributed by atoms with Gasteiger partial charge in [0.1, 0.15) is 11.3 Å². The predicted molar refractivity (Wildman–Crippen MR) is 119 cm³/mol. The Bertz CT molecular complexity index is 1200. The maximum absolute atomic E-state index is 12.4. The molecule has 4 rings (SSSR count). The molecule has 0 unspecified atom stereocenters. The largest absolute Gasteiger partial charge is 0.483 e. The zero-order chi connectivity index (χ0) is 21.3. The van der Waals surface area contributed by atoms with Crippen LogP contribution in [-0.4, -0.2) is 17.5 Å². The van der Waals surface area contributed by atoms with Gasteiger partial charge in [-0.1, -0.05) is 24.3 Å². The van der Waals surface area contributed by atoms with Crippen LogP contribution in [0.5, 0.6) is 5.75 Å². The molecule has 5 nitrogen and oxygen atoms in total. The van der Waals surface area contributed by atoms with Crippen molar-refractivity contribution >= 4 is 22.7 Å². The van der Waals surface area contributed by atoms with E-state index in [1.54, 1.807) is 0 Å². The van der Waals surface area contributed by atoms with E-state index in [2.05, 4.69) is 24.1 Å². The van der Waals surface area contributed by atoms with E-state index in [0.717, 1.165) is 33.4 Å². The lowest BCUT2D eigenvalue weighted by atomic mass is 10.1. The number of ether oxygens (including phenoxy) is 1. The molecule has 4 aromatic rings. The number of rotatable bonds is 5. The smallest absolute Gasteiger partial charge is 0.262 e. The molecule has 0 fully saturated rings. The number of benzene rings is 3. The molecular formula is C25H24N2O3. The average molecular weight is 400 g/mol. The molecular weight excluding hydrogens is 376 g/mol. The van der Waals surface area contributed by atoms with Crippen molar-refractivity contribution in [2.75, 3.05) is 11.9 Å². The highest BCUT2D eigenvalue weighted by atomic mass is 16.5. The SMILES string of the molecule is Cc1cc2nc(-c3ccc(C)c(NC(=O)COc4ccccc4C)c3)oc2cc1C. The molecule has 1 amide bonds. The Morgan fingerprint density at radius 1 is 0.933 bits per heavy atom. The minimum Gasteiger partial charge on any atom is -0.483 e. The van der Waals surface area contributed by atoms with E-state index >= 15 is 0 Å². The topological polar surface area (TPSA) is 64.4 Å². The average Bonchev–Trinajstić information content (AvgIpc) is 3.12. The highest BCUT2D eigenvalue weighted by Crippen LogP contribution is 2.29. The van der Waals surface area contributed by atoms with Gasteiger partial charge in [0.25, 0.3) is 5.91 Å². The number of aromatic nitrogens is 1. The molecule has 0 atom stereocenters. The second kappa shape index (κ2) is 8.03. The summed E-state index contributed by atoms with van der Waals surface area (Å²) in [6, 6.07) is 17.4. The van der Waals surface area contributed by atoms with Crippen LogP contribution in [0.1, 0.15) is 22.3 Å². The van der Waals surface area contributed by atoms with Crippen LogP contribution in [0.25, 0.3) is 22.6 Å². The van der Waals surface area contributed by atoms with Gasteiger partial charge in [0.2, 0.25) is 5.89 Å². The lowest BCUT2D eigenvalue weighted by molar-refractivity contribution is -0.118. The normalized spacial score (nSPS) is 10.9. The quantitative estimate of drug-likeness (QED) is 0.463. The van der Waals surface area contributed by atoms with Crippen LogP contribution in [0.3, 0.4) is 0 Å². The van der Waals surface area contributed by atoms with Crippen molar-refractivity contribution in [1.82, 2.24) is 4.98 Å². The van der Waals surface area contributed by atoms with E-state index in [1.807, 2.05) is 68.4 Å². The molecule has 0 aliphatic carbocycles. The van der Waals surface area contributed by atoms with E-state index < -0.39 is 0 Å². The summed E-state index contributed by atoms with van der Waals surface area (Å²) in [7, 11) is 0. The van der Waals surface area contributed by atoms with E-state index in [0.29, 0.717) is 17.3 Å². The molecule has 0 saturated carbocycles. The molecule has 152 valence electrons. The third-order valence-corrected chi connectivity index (χ3v) is 5.21. The first kappa shape index (κ1) is 19.7. The standard InChI is InChI=1S/C25H24N2O3/c1-15-9-10-19(25-27-21-11-17(3)18(4)12-23(21)30-25)13-20(15)26-24(28)14-29-22-8-6-5-7-16(22)2/h5-13H,14H2,1-4H3,(H,26,28). The third-order valence-electron chi connectivity index (χ3n) is 5.21. The van der Waals surface area contributed by atoms with Crippen molar-refractivity contribution in [3.63, 3.8) is 0 Å². The summed E-state index contributed by atoms with van der Waals surface area (Å²) < 4.78 is 11.6. The van der Waals surface area contributed by atoms with Crippen molar-refractivity contribution in [3.05, 3.63) is 76.9 Å². The van der Waals surface area contributed by atoms with Gasteiger partial charge in [-0.05, 0) is 80.3 Å². The van der Waals surface area contributed by atoms with Gasteiger partial charge in [0.05, 0.1) is 0 Å². The summed E-state index contributed by atoms with van der Waals surface area (Å²) >= 11 is 0. The Morgan fingerprint density at radius 3 is 2.50 bits per heavy atom. The molecule has 1 N–H and O–H groups in total. The lowest BCUT2D eigenvalue weighted by Gasteiger charge is -2.11. The number of amides is 1. The van der Waals surface area contributed by atoms with Crippen molar-refractivity contribution in [3.8, 4) is 17.2 Å². The second-order valence-electron chi connectivity index (χ2n) is 7.56. The Kier molecular flexibility index (Phi) is 5.27. The molecule has 30 heavy (non-hydrogen) atoms. The number of para-hydroxylation sites is 1. The van der Waals surface area contributed by atoms with Crippen LogP contribution in [0, 0.1) is 27.7 Å². The Hall–Kier alpha value is -3.60. The van der Waals surface area contributed by atoms with Gasteiger partial charge in [-0.2, -0.15) is 0 Å². The van der Waals surface area contributed by atoms with Gasteiger partial charge in [0, 0.05) is 11.3 Å². The van der Waals surface area contributed by atoms with Crippen LogP contribution in [-0.2, 0) is 4.79 Å². The molecule has 1 heterocycles. The number of hydrogen-bond acceptors (Lipinski definition) is 4. The number of hydrogen-bond donors (Lipinski definition) is 1. The van der Waals surface area contributed by atoms with Gasteiger partial charge in [-0.3, -0.25) is 4.79 Å². The fraction of sp³-hybridized carbons (Fsp3) is 0.200. The maximum Gasteiger partial charge on any atom is 0.262 e. The van der Waals surface area contributed by atoms with Crippen LogP contribution >= 0.6 is 0 Å². The summed E-state index contributed by atoms with van der Waals surface area (Å²) in [6.07, 6.45) is 0. The van der Waals surface area contributed by atoms with E-state index in [9.17, 15) is 4.79 Å². The summed E-state index contributed by atoms with van der Waals surface area (Å²) in [5, 5.41) is 2.93. The van der Waals surface area contributed by atoms with E-state index in [1.165, 1.54) is 5.56 Å². The van der Waals surface area contributed by atoms with E-state index in [4.69, 9.17) is 9.15 Å². The first-order valence-electron chi connectivity index (χ1n) is 9.88. The molecule has 0 aliphatic rings. The first-order valence-corrected chi connectivity index (χ1v) is 9.88. The number of oxazole rings is 1. The molecule has 0 saturated heterocycles. The Morgan fingerprint density at radius 2 is 1.70 bits per heavy atom. The number of aryl methyl sites for hydroxylation is 4. The maximum atomic E-state index is 12.4. The minimum absolute atomic E-state index is 0.0596. The summed E-state index contributed by atoms with van der Waals surface area (Å²) in [6.45, 7) is 7.94. The Labute approximate surface area is 175 Å². The number of carbonyl (C=O) groups is 1. The highest BCUT2D eigenvalue weighted by molar-refractivity contribution is 5.93. The van der Waals surface area contributed by atoms with Crippen LogP contribution < -0.4 is 10.1 Å². The van der Waals surface area contributed by atoms with Crippen LogP contribution in [0.2, 0.25) is 0 Å². The number of fused-ring (bicyclic) bond motifs is 1. The molecule has 0 spiro atoms. The molecule has 3 aromatic carbocycles. The van der Waals surface area contributed by atoms with Crippen molar-refractivity contribution in [2.45, 2.75) is 27.7 Å². The monoisotopic (exact) mass is 400 g/mol. The van der Waals surface area contributed by atoms with E-state index in [-0.39, 0.29) is 12.5 Å². The number of anilines is 1. The van der Waals surface area contributed by atoms with Gasteiger partial charge < -0.3 is 14.5 Å². The van der Waals surface area contributed by atoms with Crippen LogP contribution in [0.15, 0.2) is 59.0 Å². The first-order chi connectivity index (χ1) is 14.4. The number of nitrogens with zero attached hydrogens (tertiary/aromatic N) is 1. The summed E-state index contributed by atoms with van der Waals surface area (Å²) in [5.41, 5.74) is 7.37. The predicted octanol–water partition coefficient (Wildman–Crippen LogP) is 5.75. The zero-order valence-corrected chi connectivity index (χ0v) is 17.6. The van der Waals surface area contributed by atoms with Crippen LogP contribution in [0.4, 0.5) is 5.69 Å². The minimum atomic E-state index is -0.220. The second-order valence-corrected chi connectivity index (χ2v) is 7.56. The molecule has 5 heteroatoms. The highest BCUT2D eigenvalue weighted by Gasteiger charge is 2.13. The van der Waals surface area contributed by atoms with Gasteiger partial charge >= 0.3 is 0 Å². The molecule has 0 aliphatic heterocycles. The van der Waals surface area contributed by atoms with Gasteiger partial charge in [-0.15, -0.1) is 0 Å². The van der Waals surface area contributed by atoms with Crippen molar-refractivity contribution in [2.24, 2.45) is 0 Å². The lowest BCUT2D eigenvalue weighted by Crippen LogP contribution is -2.20. The number of nitrogens with one attached hydrogen (secondary N) is 1. The fourth-order valence-corrected chi connectivity index (χ4v) is 3.24. The summed E-state index contributed by atoms with van der Waals surface area (Å²) in [5.74, 6) is 1.01. The molecule has 0 radical (unpaired) electrons. The van der Waals surface area contributed by atoms with Crippen molar-refractivity contribution < 1.29 is 13.9 Å². The van der Waals surface area contributed by atoms with Crippen molar-refractivity contribution in [1.29, 1.82) is 0 Å². The molecule has 1 aromatic heterocycles. The zero-order valence-electron chi connectivity index (χ0n) is 17.6. The third kappa shape index (κ3) is 4.06.